The van der Waals surface area contributed by atoms with Gasteiger partial charge in [0.25, 0.3) is 0 Å². The van der Waals surface area contributed by atoms with Gasteiger partial charge < -0.3 is 2.85 Å². The first kappa shape index (κ1) is 17.6. The van der Waals surface area contributed by atoms with Crippen molar-refractivity contribution in [2.24, 2.45) is 0 Å². The third kappa shape index (κ3) is 15.7. The topological polar surface area (TPSA) is 0 Å². The summed E-state index contributed by atoms with van der Waals surface area (Å²) in [5.41, 5.74) is 0. The van der Waals surface area contributed by atoms with Gasteiger partial charge in [-0.25, -0.2) is 0 Å². The van der Waals surface area contributed by atoms with Crippen molar-refractivity contribution in [1.29, 1.82) is 0 Å². The Labute approximate surface area is 118 Å². The van der Waals surface area contributed by atoms with E-state index in [0.29, 0.717) is 0 Å². The van der Waals surface area contributed by atoms with E-state index in [1.807, 2.05) is 0 Å². The maximum absolute atomic E-state index is 3.46. The molecule has 0 atom stereocenters. The molecule has 0 heterocycles. The standard InChI is InChI=1S/C12H25Br.Mg.2H/c1-2-3-4-5-6-7-8-9-10-11-12-13;;;/h2-12H2,1H3;;;/q;+2;2*-1. The molecule has 0 unspecified atom stereocenters. The van der Waals surface area contributed by atoms with Crippen molar-refractivity contribution in [2.75, 3.05) is 5.33 Å². The maximum atomic E-state index is 3.46. The first-order valence-corrected chi connectivity index (χ1v) is 7.10. The minimum Gasteiger partial charge on any atom is -1.00 e. The molecule has 0 aliphatic carbocycles. The smallest absolute Gasteiger partial charge is 1.00 e. The Morgan fingerprint density at radius 3 is 1.43 bits per heavy atom. The Balaban J connectivity index is -0.000000240. The van der Waals surface area contributed by atoms with Crippen LogP contribution in [0.4, 0.5) is 0 Å². The fraction of sp³-hybridized carbons (Fsp3) is 1.00. The van der Waals surface area contributed by atoms with E-state index in [1.54, 1.807) is 0 Å². The Morgan fingerprint density at radius 1 is 0.714 bits per heavy atom. The number of hydrogen-bond acceptors (Lipinski definition) is 0. The number of hydrogen-bond donors (Lipinski definition) is 0. The third-order valence-corrected chi connectivity index (χ3v) is 3.05. The van der Waals surface area contributed by atoms with E-state index in [1.165, 1.54) is 69.5 Å². The molecule has 84 valence electrons. The summed E-state index contributed by atoms with van der Waals surface area (Å²) < 4.78 is 0. The molecule has 0 fully saturated rings. The molecule has 0 amide bonds. The van der Waals surface area contributed by atoms with Crippen LogP contribution in [0.25, 0.3) is 0 Å². The van der Waals surface area contributed by atoms with E-state index < -0.39 is 0 Å². The molecule has 0 bridgehead atoms. The molecule has 0 nitrogen and oxygen atoms in total. The molecule has 0 spiro atoms. The molecule has 0 aromatic rings. The van der Waals surface area contributed by atoms with Gasteiger partial charge in [0, 0.05) is 5.33 Å². The normalized spacial score (nSPS) is 9.86. The molecule has 0 rings (SSSR count). The van der Waals surface area contributed by atoms with Gasteiger partial charge >= 0.3 is 23.1 Å². The minimum atomic E-state index is 0. The van der Waals surface area contributed by atoms with Crippen LogP contribution >= 0.6 is 15.9 Å². The summed E-state index contributed by atoms with van der Waals surface area (Å²) in [5.74, 6) is 0. The predicted molar refractivity (Wildman–Crippen MR) is 73.6 cm³/mol. The van der Waals surface area contributed by atoms with Crippen molar-refractivity contribution in [3.8, 4) is 0 Å². The van der Waals surface area contributed by atoms with E-state index in [4.69, 9.17) is 0 Å². The van der Waals surface area contributed by atoms with Crippen LogP contribution in [0.15, 0.2) is 0 Å². The van der Waals surface area contributed by atoms with E-state index in [2.05, 4.69) is 22.9 Å². The average molecular weight is 276 g/mol. The van der Waals surface area contributed by atoms with Crippen molar-refractivity contribution in [2.45, 2.75) is 71.1 Å². The first-order chi connectivity index (χ1) is 6.41. The van der Waals surface area contributed by atoms with Gasteiger partial charge in [-0.05, 0) is 6.42 Å². The van der Waals surface area contributed by atoms with Crippen molar-refractivity contribution in [3.05, 3.63) is 0 Å². The van der Waals surface area contributed by atoms with Gasteiger partial charge in [0.2, 0.25) is 0 Å². The molecule has 0 aliphatic heterocycles. The van der Waals surface area contributed by atoms with Gasteiger partial charge in [-0.15, -0.1) is 0 Å². The Bertz CT molecular complexity index is 85.1. The van der Waals surface area contributed by atoms with Gasteiger partial charge in [-0.3, -0.25) is 0 Å². The molecular weight excluding hydrogens is 248 g/mol. The van der Waals surface area contributed by atoms with Crippen LogP contribution in [0.2, 0.25) is 0 Å². The van der Waals surface area contributed by atoms with Crippen LogP contribution in [-0.2, 0) is 0 Å². The average Bonchev–Trinajstić information content (AvgIpc) is 2.16. The van der Waals surface area contributed by atoms with Crippen LogP contribution < -0.4 is 0 Å². The molecule has 0 radical (unpaired) electrons. The van der Waals surface area contributed by atoms with Crippen LogP contribution in [0.5, 0.6) is 0 Å². The SMILES string of the molecule is CCCCCCCCCCCCBr.[H-].[H-].[Mg+2]. The Hall–Kier alpha value is 1.25. The third-order valence-electron chi connectivity index (χ3n) is 2.49. The van der Waals surface area contributed by atoms with E-state index >= 15 is 0 Å². The molecule has 2 heteroatoms. The zero-order valence-corrected chi connectivity index (χ0v) is 12.9. The maximum Gasteiger partial charge on any atom is 2.00 e. The van der Waals surface area contributed by atoms with Crippen LogP contribution in [0, 0.1) is 0 Å². The molecule has 0 aliphatic rings. The van der Waals surface area contributed by atoms with Crippen molar-refractivity contribution in [1.82, 2.24) is 0 Å². The van der Waals surface area contributed by atoms with Crippen molar-refractivity contribution >= 4 is 39.0 Å². The fourth-order valence-corrected chi connectivity index (χ4v) is 1.98. The number of rotatable bonds is 10. The molecule has 0 saturated heterocycles. The van der Waals surface area contributed by atoms with Crippen LogP contribution in [0.3, 0.4) is 0 Å². The summed E-state index contributed by atoms with van der Waals surface area (Å²) in [4.78, 5) is 0. The Kier molecular flexibility index (Phi) is 21.0. The van der Waals surface area contributed by atoms with Gasteiger partial charge in [-0.1, -0.05) is 80.6 Å². The molecular formula is C12H27BrMg. The fourth-order valence-electron chi connectivity index (χ4n) is 1.58. The monoisotopic (exact) mass is 274 g/mol. The summed E-state index contributed by atoms with van der Waals surface area (Å²) in [5, 5.41) is 1.18. The van der Waals surface area contributed by atoms with Gasteiger partial charge in [0.1, 0.15) is 0 Å². The van der Waals surface area contributed by atoms with Crippen LogP contribution in [-0.4, -0.2) is 28.4 Å². The van der Waals surface area contributed by atoms with E-state index in [9.17, 15) is 0 Å². The summed E-state index contributed by atoms with van der Waals surface area (Å²) in [6.07, 6.45) is 14.3. The zero-order valence-electron chi connectivity index (χ0n) is 11.9. The van der Waals surface area contributed by atoms with Crippen molar-refractivity contribution < 1.29 is 2.85 Å². The Morgan fingerprint density at radius 2 is 1.07 bits per heavy atom. The second-order valence-electron chi connectivity index (χ2n) is 3.87. The summed E-state index contributed by atoms with van der Waals surface area (Å²) in [6, 6.07) is 0. The van der Waals surface area contributed by atoms with E-state index in [0.717, 1.165) is 0 Å². The summed E-state index contributed by atoms with van der Waals surface area (Å²) >= 11 is 3.46. The predicted octanol–water partition coefficient (Wildman–Crippen LogP) is 5.15. The summed E-state index contributed by atoms with van der Waals surface area (Å²) in [6.45, 7) is 2.28. The largest absolute Gasteiger partial charge is 2.00 e. The second kappa shape index (κ2) is 16.7. The van der Waals surface area contributed by atoms with Gasteiger partial charge in [0.15, 0.2) is 0 Å². The number of unbranched alkanes of at least 4 members (excludes halogenated alkanes) is 9. The van der Waals surface area contributed by atoms with E-state index in [-0.39, 0.29) is 25.9 Å². The number of alkyl halides is 1. The van der Waals surface area contributed by atoms with Gasteiger partial charge in [0.05, 0.1) is 0 Å². The van der Waals surface area contributed by atoms with Crippen LogP contribution in [0.1, 0.15) is 74.0 Å². The molecule has 0 aromatic carbocycles. The van der Waals surface area contributed by atoms with Gasteiger partial charge in [-0.2, -0.15) is 0 Å². The molecule has 14 heavy (non-hydrogen) atoms. The molecule has 0 aromatic heterocycles. The molecule has 0 N–H and O–H groups in total. The number of halogens is 1. The second-order valence-corrected chi connectivity index (χ2v) is 4.66. The molecule has 0 saturated carbocycles. The zero-order chi connectivity index (χ0) is 9.78. The summed E-state index contributed by atoms with van der Waals surface area (Å²) in [7, 11) is 0. The quantitative estimate of drug-likeness (QED) is 0.294. The van der Waals surface area contributed by atoms with Crippen molar-refractivity contribution in [3.63, 3.8) is 0 Å². The minimum absolute atomic E-state index is 0. The first-order valence-electron chi connectivity index (χ1n) is 5.97.